The highest BCUT2D eigenvalue weighted by Gasteiger charge is 2.33. The molecule has 0 radical (unpaired) electrons. The molecule has 1 heterocycles. The van der Waals surface area contributed by atoms with Gasteiger partial charge in [0, 0.05) is 15.4 Å². The van der Waals surface area contributed by atoms with Gasteiger partial charge in [-0.15, -0.1) is 0 Å². The van der Waals surface area contributed by atoms with Gasteiger partial charge < -0.3 is 10.7 Å². The monoisotopic (exact) mass is 417 g/mol. The fraction of sp³-hybridized carbons (Fsp3) is 0.786. The molecule has 1 unspecified atom stereocenters. The molecule has 0 saturated heterocycles. The summed E-state index contributed by atoms with van der Waals surface area (Å²) >= 11 is 2.37. The van der Waals surface area contributed by atoms with Crippen LogP contribution >= 0.6 is 22.6 Å². The van der Waals surface area contributed by atoms with Crippen LogP contribution in [0, 0.1) is 5.92 Å². The van der Waals surface area contributed by atoms with Gasteiger partial charge in [0.2, 0.25) is 0 Å². The van der Waals surface area contributed by atoms with E-state index in [1.807, 2.05) is 13.8 Å². The molecule has 0 spiro atoms. The number of H-pyrrole nitrogens is 1. The van der Waals surface area contributed by atoms with Crippen molar-refractivity contribution in [1.29, 1.82) is 0 Å². The molecule has 0 aliphatic heterocycles. The third-order valence-electron chi connectivity index (χ3n) is 3.45. The molecular formula is C14H23F3IN3. The minimum absolute atomic E-state index is 0.0966. The van der Waals surface area contributed by atoms with Crippen LogP contribution in [0.2, 0.25) is 0 Å². The first kappa shape index (κ1) is 18.7. The Hall–Kier alpha value is -0.310. The summed E-state index contributed by atoms with van der Waals surface area (Å²) in [6.07, 6.45) is -1.44. The molecule has 0 aliphatic carbocycles. The van der Waals surface area contributed by atoms with Crippen molar-refractivity contribution in [3.63, 3.8) is 0 Å². The lowest BCUT2D eigenvalue weighted by atomic mass is 9.79. The number of imidazole rings is 1. The first-order valence-electron chi connectivity index (χ1n) is 6.88. The van der Waals surface area contributed by atoms with Crippen molar-refractivity contribution >= 4 is 22.6 Å². The lowest BCUT2D eigenvalue weighted by molar-refractivity contribution is -0.140. The lowest BCUT2D eigenvalue weighted by Crippen LogP contribution is -2.43. The third-order valence-corrected chi connectivity index (χ3v) is 3.89. The van der Waals surface area contributed by atoms with E-state index in [2.05, 4.69) is 46.4 Å². The number of aryl methyl sites for hydroxylation is 1. The summed E-state index contributed by atoms with van der Waals surface area (Å²) < 4.78 is 37.7. The maximum absolute atomic E-state index is 12.5. The topological polar surface area (TPSA) is 54.7 Å². The molecule has 21 heavy (non-hydrogen) atoms. The van der Waals surface area contributed by atoms with E-state index in [1.165, 1.54) is 0 Å². The van der Waals surface area contributed by atoms with E-state index in [9.17, 15) is 13.2 Å². The molecule has 0 fully saturated rings. The van der Waals surface area contributed by atoms with Gasteiger partial charge in [0.05, 0.1) is 6.20 Å². The Labute approximate surface area is 137 Å². The van der Waals surface area contributed by atoms with Crippen LogP contribution in [0.4, 0.5) is 13.2 Å². The van der Waals surface area contributed by atoms with Crippen LogP contribution in [0.15, 0.2) is 6.20 Å². The molecule has 1 aromatic rings. The summed E-state index contributed by atoms with van der Waals surface area (Å²) in [5.41, 5.74) is 5.04. The van der Waals surface area contributed by atoms with Gasteiger partial charge in [0.1, 0.15) is 11.5 Å². The standard InChI is InChI=1S/C14H23F3IN3/c1-12(2,18)7-9(13(3,4)19)5-6-11-20-8-10(21-11)14(15,16)17/h8-9H,5-7,19H2,1-4H3,(H,20,21). The van der Waals surface area contributed by atoms with Gasteiger partial charge in [-0.1, -0.05) is 36.4 Å². The predicted octanol–water partition coefficient (Wildman–Crippen LogP) is 4.32. The van der Waals surface area contributed by atoms with Gasteiger partial charge in [-0.2, -0.15) is 13.2 Å². The number of aromatic nitrogens is 2. The number of nitrogens with one attached hydrogen (secondary N) is 1. The highest BCUT2D eigenvalue weighted by atomic mass is 127. The molecule has 3 N–H and O–H groups in total. The van der Waals surface area contributed by atoms with Crippen LogP contribution in [0.3, 0.4) is 0 Å². The predicted molar refractivity (Wildman–Crippen MR) is 86.4 cm³/mol. The van der Waals surface area contributed by atoms with Gasteiger partial charge in [0.15, 0.2) is 0 Å². The number of alkyl halides is 4. The zero-order valence-corrected chi connectivity index (χ0v) is 15.0. The molecule has 1 rings (SSSR count). The van der Waals surface area contributed by atoms with Crippen molar-refractivity contribution in [2.45, 2.75) is 62.1 Å². The number of aromatic amines is 1. The summed E-state index contributed by atoms with van der Waals surface area (Å²) in [6.45, 7) is 8.18. The lowest BCUT2D eigenvalue weighted by Gasteiger charge is -2.34. The zero-order valence-electron chi connectivity index (χ0n) is 12.8. The molecule has 7 heteroatoms. The number of hydrogen-bond acceptors (Lipinski definition) is 2. The van der Waals surface area contributed by atoms with E-state index in [1.54, 1.807) is 0 Å². The fourth-order valence-electron chi connectivity index (χ4n) is 2.27. The van der Waals surface area contributed by atoms with E-state index >= 15 is 0 Å². The Morgan fingerprint density at radius 1 is 1.29 bits per heavy atom. The van der Waals surface area contributed by atoms with Gasteiger partial charge in [-0.3, -0.25) is 0 Å². The normalized spacial score (nSPS) is 15.3. The maximum Gasteiger partial charge on any atom is 0.432 e. The summed E-state index contributed by atoms with van der Waals surface area (Å²) in [4.78, 5) is 6.16. The molecule has 0 aliphatic rings. The first-order chi connectivity index (χ1) is 9.29. The Bertz CT molecular complexity index is 455. The molecule has 1 atom stereocenters. The van der Waals surface area contributed by atoms with Crippen molar-refractivity contribution in [3.05, 3.63) is 17.7 Å². The van der Waals surface area contributed by atoms with E-state index in [0.717, 1.165) is 12.6 Å². The van der Waals surface area contributed by atoms with Crippen LogP contribution in [-0.4, -0.2) is 18.9 Å². The summed E-state index contributed by atoms with van der Waals surface area (Å²) in [7, 11) is 0. The average molecular weight is 417 g/mol. The highest BCUT2D eigenvalue weighted by molar-refractivity contribution is 14.1. The zero-order chi connectivity index (χ0) is 16.5. The van der Waals surface area contributed by atoms with Crippen molar-refractivity contribution in [1.82, 2.24) is 9.97 Å². The van der Waals surface area contributed by atoms with Crippen LogP contribution in [0.5, 0.6) is 0 Å². The smallest absolute Gasteiger partial charge is 0.338 e. The van der Waals surface area contributed by atoms with Crippen molar-refractivity contribution < 1.29 is 13.2 Å². The molecule has 0 bridgehead atoms. The summed E-state index contributed by atoms with van der Waals surface area (Å²) in [5, 5.41) is 0. The van der Waals surface area contributed by atoms with Gasteiger partial charge >= 0.3 is 6.18 Å². The van der Waals surface area contributed by atoms with Gasteiger partial charge in [-0.05, 0) is 32.6 Å². The molecule has 122 valence electrons. The number of nitrogens with zero attached hydrogens (tertiary/aromatic N) is 1. The van der Waals surface area contributed by atoms with E-state index < -0.39 is 11.9 Å². The van der Waals surface area contributed by atoms with Gasteiger partial charge in [0.25, 0.3) is 0 Å². The van der Waals surface area contributed by atoms with Crippen molar-refractivity contribution in [2.75, 3.05) is 0 Å². The summed E-state index contributed by atoms with van der Waals surface area (Å²) in [5.74, 6) is 0.576. The first-order valence-corrected chi connectivity index (χ1v) is 7.96. The second-order valence-electron chi connectivity index (χ2n) is 6.72. The Balaban J connectivity index is 2.71. The van der Waals surface area contributed by atoms with Gasteiger partial charge in [-0.25, -0.2) is 4.98 Å². The number of rotatable bonds is 6. The Morgan fingerprint density at radius 3 is 2.24 bits per heavy atom. The maximum atomic E-state index is 12.5. The largest absolute Gasteiger partial charge is 0.432 e. The van der Waals surface area contributed by atoms with E-state index in [0.29, 0.717) is 18.7 Å². The number of halogens is 4. The van der Waals surface area contributed by atoms with Crippen LogP contribution < -0.4 is 5.73 Å². The van der Waals surface area contributed by atoms with E-state index in [4.69, 9.17) is 5.73 Å². The van der Waals surface area contributed by atoms with E-state index in [-0.39, 0.29) is 14.9 Å². The molecule has 0 aromatic carbocycles. The number of nitrogens with two attached hydrogens (primary N) is 1. The second-order valence-corrected chi connectivity index (χ2v) is 9.64. The quantitative estimate of drug-likeness (QED) is 0.535. The highest BCUT2D eigenvalue weighted by Crippen LogP contribution is 2.34. The van der Waals surface area contributed by atoms with Crippen molar-refractivity contribution in [2.24, 2.45) is 11.7 Å². The molecule has 0 saturated carbocycles. The molecule has 3 nitrogen and oxygen atoms in total. The average Bonchev–Trinajstić information content (AvgIpc) is 2.69. The molecule has 0 amide bonds. The third kappa shape index (κ3) is 6.54. The fourth-order valence-corrected chi connectivity index (χ4v) is 2.80. The van der Waals surface area contributed by atoms with Crippen molar-refractivity contribution in [3.8, 4) is 0 Å². The number of hydrogen-bond donors (Lipinski definition) is 2. The van der Waals surface area contributed by atoms with Crippen LogP contribution in [0.25, 0.3) is 0 Å². The SMILES string of the molecule is CC(C)(I)CC(CCc1ncc(C(F)(F)F)[nH]1)C(C)(C)N. The Morgan fingerprint density at radius 2 is 1.86 bits per heavy atom. The summed E-state index contributed by atoms with van der Waals surface area (Å²) in [6, 6.07) is 0. The molecule has 1 aromatic heterocycles. The minimum atomic E-state index is -4.37. The van der Waals surface area contributed by atoms with Crippen LogP contribution in [-0.2, 0) is 12.6 Å². The molecular weight excluding hydrogens is 394 g/mol. The van der Waals surface area contributed by atoms with Crippen LogP contribution in [0.1, 0.15) is 52.1 Å². The second kappa shape index (κ2) is 6.44. The Kier molecular flexibility index (Phi) is 5.74. The minimum Gasteiger partial charge on any atom is -0.338 e.